The second kappa shape index (κ2) is 4.28. The zero-order chi connectivity index (χ0) is 12.4. The Morgan fingerprint density at radius 3 is 2.53 bits per heavy atom. The van der Waals surface area contributed by atoms with E-state index in [1.807, 2.05) is 0 Å². The summed E-state index contributed by atoms with van der Waals surface area (Å²) in [6.45, 7) is 0. The average molecular weight is 238 g/mol. The number of aromatic nitrogens is 2. The van der Waals surface area contributed by atoms with Crippen LogP contribution in [0.5, 0.6) is 0 Å². The minimum absolute atomic E-state index is 0.108. The standard InChI is InChI=1S/C10H6F2N3O2/c11-10(12)9-5-6-13-14(9)7-1-3-8(4-2-7)15(16)17/h1-4,6,10H. The molecule has 0 aliphatic rings. The molecule has 0 saturated carbocycles. The molecule has 5 nitrogen and oxygen atoms in total. The maximum Gasteiger partial charge on any atom is 0.281 e. The number of benzene rings is 1. The van der Waals surface area contributed by atoms with Crippen molar-refractivity contribution >= 4 is 5.69 Å². The van der Waals surface area contributed by atoms with Crippen LogP contribution in [0.1, 0.15) is 12.1 Å². The predicted molar refractivity (Wildman–Crippen MR) is 54.0 cm³/mol. The van der Waals surface area contributed by atoms with Crippen molar-refractivity contribution in [1.82, 2.24) is 9.78 Å². The van der Waals surface area contributed by atoms with E-state index >= 15 is 0 Å². The summed E-state index contributed by atoms with van der Waals surface area (Å²) in [4.78, 5) is 9.87. The number of halogens is 2. The normalized spacial score (nSPS) is 10.8. The summed E-state index contributed by atoms with van der Waals surface area (Å²) in [6, 6.07) is 7.47. The highest BCUT2D eigenvalue weighted by Gasteiger charge is 2.15. The number of nitrogens with zero attached hydrogens (tertiary/aromatic N) is 3. The summed E-state index contributed by atoms with van der Waals surface area (Å²) in [5.74, 6) is 0. The van der Waals surface area contributed by atoms with Crippen LogP contribution in [-0.2, 0) is 0 Å². The zero-order valence-electron chi connectivity index (χ0n) is 8.38. The van der Waals surface area contributed by atoms with E-state index in [0.29, 0.717) is 5.69 Å². The lowest BCUT2D eigenvalue weighted by Gasteiger charge is -2.05. The van der Waals surface area contributed by atoms with Gasteiger partial charge in [0.15, 0.2) is 0 Å². The molecule has 1 radical (unpaired) electrons. The number of rotatable bonds is 3. The number of nitro benzene ring substituents is 1. The lowest BCUT2D eigenvalue weighted by molar-refractivity contribution is -0.384. The lowest BCUT2D eigenvalue weighted by Crippen LogP contribution is -2.02. The highest BCUT2D eigenvalue weighted by Crippen LogP contribution is 2.22. The molecule has 2 aromatic rings. The molecule has 0 fully saturated rings. The predicted octanol–water partition coefficient (Wildman–Crippen LogP) is 2.52. The van der Waals surface area contributed by atoms with Gasteiger partial charge in [-0.1, -0.05) is 0 Å². The van der Waals surface area contributed by atoms with Gasteiger partial charge in [-0.15, -0.1) is 0 Å². The molecule has 2 rings (SSSR count). The van der Waals surface area contributed by atoms with Crippen LogP contribution in [0.3, 0.4) is 0 Å². The van der Waals surface area contributed by atoms with Crippen molar-refractivity contribution < 1.29 is 13.7 Å². The van der Waals surface area contributed by atoms with E-state index in [1.165, 1.54) is 24.3 Å². The third-order valence-corrected chi connectivity index (χ3v) is 2.13. The molecule has 0 N–H and O–H groups in total. The van der Waals surface area contributed by atoms with Gasteiger partial charge in [0.2, 0.25) is 0 Å². The quantitative estimate of drug-likeness (QED) is 0.609. The Morgan fingerprint density at radius 2 is 2.00 bits per heavy atom. The van der Waals surface area contributed by atoms with Gasteiger partial charge in [0.25, 0.3) is 12.1 Å². The van der Waals surface area contributed by atoms with Crippen LogP contribution in [0.25, 0.3) is 5.69 Å². The van der Waals surface area contributed by atoms with Crippen LogP contribution in [-0.4, -0.2) is 14.7 Å². The van der Waals surface area contributed by atoms with Gasteiger partial charge < -0.3 is 0 Å². The Labute approximate surface area is 94.4 Å². The van der Waals surface area contributed by atoms with E-state index in [1.54, 1.807) is 0 Å². The van der Waals surface area contributed by atoms with Gasteiger partial charge in [-0.05, 0) is 12.1 Å². The SMILES string of the molecule is O=[N+]([O-])c1ccc(-n2nc[c]c2C(F)F)cc1. The number of alkyl halides is 2. The molecule has 1 heterocycles. The molecule has 0 amide bonds. The maximum atomic E-state index is 12.6. The topological polar surface area (TPSA) is 61.0 Å². The Bertz CT molecular complexity index is 537. The molecule has 1 aromatic carbocycles. The van der Waals surface area contributed by atoms with Gasteiger partial charge in [0.1, 0.15) is 5.69 Å². The van der Waals surface area contributed by atoms with Crippen LogP contribution < -0.4 is 0 Å². The van der Waals surface area contributed by atoms with Crippen molar-refractivity contribution in [3.63, 3.8) is 0 Å². The first-order valence-corrected chi connectivity index (χ1v) is 4.58. The number of non-ortho nitro benzene ring substituents is 1. The molecule has 0 atom stereocenters. The molecule has 1 aromatic heterocycles. The first-order chi connectivity index (χ1) is 8.09. The molecule has 0 spiro atoms. The molecular weight excluding hydrogens is 232 g/mol. The monoisotopic (exact) mass is 238 g/mol. The molecule has 0 aliphatic heterocycles. The van der Waals surface area contributed by atoms with Gasteiger partial charge in [0.05, 0.1) is 16.8 Å². The second-order valence-electron chi connectivity index (χ2n) is 3.16. The Balaban J connectivity index is 2.40. The fourth-order valence-corrected chi connectivity index (χ4v) is 1.35. The molecule has 0 bridgehead atoms. The highest BCUT2D eigenvalue weighted by molar-refractivity contribution is 5.41. The van der Waals surface area contributed by atoms with Crippen LogP contribution in [0.2, 0.25) is 0 Å². The van der Waals surface area contributed by atoms with E-state index < -0.39 is 11.3 Å². The fraction of sp³-hybridized carbons (Fsp3) is 0.100. The first-order valence-electron chi connectivity index (χ1n) is 4.58. The van der Waals surface area contributed by atoms with E-state index in [4.69, 9.17) is 0 Å². The summed E-state index contributed by atoms with van der Waals surface area (Å²) < 4.78 is 26.1. The summed E-state index contributed by atoms with van der Waals surface area (Å²) in [7, 11) is 0. The van der Waals surface area contributed by atoms with Gasteiger partial charge in [-0.2, -0.15) is 5.10 Å². The smallest absolute Gasteiger partial charge is 0.258 e. The van der Waals surface area contributed by atoms with Crippen molar-refractivity contribution in [3.05, 3.63) is 52.3 Å². The second-order valence-corrected chi connectivity index (χ2v) is 3.16. The number of hydrogen-bond acceptors (Lipinski definition) is 3. The molecule has 0 unspecified atom stereocenters. The lowest BCUT2D eigenvalue weighted by atomic mass is 10.3. The number of hydrogen-bond donors (Lipinski definition) is 0. The average Bonchev–Trinajstić information content (AvgIpc) is 2.78. The summed E-state index contributed by atoms with van der Waals surface area (Å²) >= 11 is 0. The highest BCUT2D eigenvalue weighted by atomic mass is 19.3. The number of nitro groups is 1. The van der Waals surface area contributed by atoms with Crippen molar-refractivity contribution in [2.75, 3.05) is 0 Å². The van der Waals surface area contributed by atoms with Crippen molar-refractivity contribution in [2.45, 2.75) is 6.43 Å². The van der Waals surface area contributed by atoms with Gasteiger partial charge in [-0.3, -0.25) is 10.1 Å². The molecule has 87 valence electrons. The van der Waals surface area contributed by atoms with E-state index in [0.717, 1.165) is 10.9 Å². The van der Waals surface area contributed by atoms with E-state index in [9.17, 15) is 18.9 Å². The first kappa shape index (κ1) is 11.2. The maximum absolute atomic E-state index is 12.6. The summed E-state index contributed by atoms with van der Waals surface area (Å²) in [5, 5.41) is 14.1. The molecule has 0 saturated heterocycles. The third-order valence-electron chi connectivity index (χ3n) is 2.13. The minimum Gasteiger partial charge on any atom is -0.258 e. The van der Waals surface area contributed by atoms with Crippen molar-refractivity contribution in [3.8, 4) is 5.69 Å². The van der Waals surface area contributed by atoms with Crippen molar-refractivity contribution in [1.29, 1.82) is 0 Å². The molecular formula is C10H6F2N3O2. The molecule has 0 aliphatic carbocycles. The van der Waals surface area contributed by atoms with E-state index in [-0.39, 0.29) is 11.4 Å². The Morgan fingerprint density at radius 1 is 1.35 bits per heavy atom. The largest absolute Gasteiger partial charge is 0.281 e. The Kier molecular flexibility index (Phi) is 2.82. The van der Waals surface area contributed by atoms with Crippen LogP contribution in [0.4, 0.5) is 14.5 Å². The van der Waals surface area contributed by atoms with Gasteiger partial charge in [0, 0.05) is 18.2 Å². The summed E-state index contributed by atoms with van der Waals surface area (Å²) in [6.07, 6.45) is -1.57. The molecule has 7 heteroatoms. The minimum atomic E-state index is -2.70. The van der Waals surface area contributed by atoms with Crippen LogP contribution >= 0.6 is 0 Å². The third kappa shape index (κ3) is 2.12. The fourth-order valence-electron chi connectivity index (χ4n) is 1.35. The van der Waals surface area contributed by atoms with E-state index in [2.05, 4.69) is 11.2 Å². The zero-order valence-corrected chi connectivity index (χ0v) is 8.38. The molecule has 17 heavy (non-hydrogen) atoms. The van der Waals surface area contributed by atoms with Crippen LogP contribution in [0, 0.1) is 16.2 Å². The Hall–Kier alpha value is -2.31. The summed E-state index contributed by atoms with van der Waals surface area (Å²) in [5.41, 5.74) is -0.158. The van der Waals surface area contributed by atoms with Crippen LogP contribution in [0.15, 0.2) is 30.5 Å². The van der Waals surface area contributed by atoms with Gasteiger partial charge in [-0.25, -0.2) is 13.5 Å². The van der Waals surface area contributed by atoms with Crippen molar-refractivity contribution in [2.24, 2.45) is 0 Å². The van der Waals surface area contributed by atoms with Gasteiger partial charge >= 0.3 is 0 Å².